The van der Waals surface area contributed by atoms with E-state index in [9.17, 15) is 4.39 Å². The minimum absolute atomic E-state index is 0.257. The highest BCUT2D eigenvalue weighted by atomic mass is 32.1. The fraction of sp³-hybridized carbons (Fsp3) is 0. The third-order valence-electron chi connectivity index (χ3n) is 2.32. The van der Waals surface area contributed by atoms with Crippen LogP contribution in [0.4, 0.5) is 10.3 Å². The number of nitrogens with zero attached hydrogens (tertiary/aromatic N) is 3. The first-order chi connectivity index (χ1) is 7.75. The second-order valence-electron chi connectivity index (χ2n) is 3.30. The van der Waals surface area contributed by atoms with Crippen LogP contribution in [-0.4, -0.2) is 14.6 Å². The van der Waals surface area contributed by atoms with Crippen molar-refractivity contribution in [1.82, 2.24) is 14.6 Å². The second-order valence-corrected chi connectivity index (χ2v) is 4.14. The molecule has 1 aromatic carbocycles. The van der Waals surface area contributed by atoms with Crippen molar-refractivity contribution in [3.8, 4) is 11.3 Å². The number of hydrogen-bond donors (Lipinski definition) is 1. The summed E-state index contributed by atoms with van der Waals surface area (Å²) in [6.07, 6.45) is 0. The van der Waals surface area contributed by atoms with E-state index in [1.807, 2.05) is 5.38 Å². The number of benzene rings is 1. The molecule has 0 spiro atoms. The van der Waals surface area contributed by atoms with Crippen molar-refractivity contribution >= 4 is 22.2 Å². The summed E-state index contributed by atoms with van der Waals surface area (Å²) >= 11 is 1.45. The Labute approximate surface area is 94.2 Å². The van der Waals surface area contributed by atoms with Gasteiger partial charge in [-0.1, -0.05) is 0 Å². The number of nitrogen functional groups attached to an aromatic ring is 1. The predicted octanol–water partition coefficient (Wildman–Crippen LogP) is 2.18. The molecule has 3 rings (SSSR count). The average molecular weight is 234 g/mol. The molecule has 2 heterocycles. The van der Waals surface area contributed by atoms with Crippen LogP contribution in [0.2, 0.25) is 0 Å². The Hall–Kier alpha value is -1.95. The summed E-state index contributed by atoms with van der Waals surface area (Å²) in [5.74, 6) is 0.0857. The summed E-state index contributed by atoms with van der Waals surface area (Å²) in [6.45, 7) is 0. The SMILES string of the molecule is Nc1nnc2scc(-c3ccc(F)cc3)n12. The van der Waals surface area contributed by atoms with Crippen molar-refractivity contribution in [2.24, 2.45) is 0 Å². The molecule has 80 valence electrons. The highest BCUT2D eigenvalue weighted by Gasteiger charge is 2.10. The Kier molecular flexibility index (Phi) is 1.90. The molecule has 0 fully saturated rings. The lowest BCUT2D eigenvalue weighted by atomic mass is 10.2. The monoisotopic (exact) mass is 234 g/mol. The van der Waals surface area contributed by atoms with Gasteiger partial charge in [-0.25, -0.2) is 4.39 Å². The summed E-state index contributed by atoms with van der Waals surface area (Å²) in [5.41, 5.74) is 7.48. The van der Waals surface area contributed by atoms with Crippen LogP contribution in [0.5, 0.6) is 0 Å². The molecular weight excluding hydrogens is 227 g/mol. The van der Waals surface area contributed by atoms with Crippen molar-refractivity contribution in [2.75, 3.05) is 5.73 Å². The molecule has 2 N–H and O–H groups in total. The van der Waals surface area contributed by atoms with Crippen molar-refractivity contribution in [1.29, 1.82) is 0 Å². The molecule has 2 aromatic heterocycles. The number of thiazole rings is 1. The number of anilines is 1. The predicted molar refractivity (Wildman–Crippen MR) is 60.7 cm³/mol. The lowest BCUT2D eigenvalue weighted by molar-refractivity contribution is 0.628. The minimum atomic E-state index is -0.257. The van der Waals surface area contributed by atoms with E-state index >= 15 is 0 Å². The largest absolute Gasteiger partial charge is 0.368 e. The highest BCUT2D eigenvalue weighted by Crippen LogP contribution is 2.27. The number of nitrogens with two attached hydrogens (primary N) is 1. The van der Waals surface area contributed by atoms with E-state index in [1.54, 1.807) is 16.5 Å². The van der Waals surface area contributed by atoms with Gasteiger partial charge >= 0.3 is 0 Å². The molecule has 6 heteroatoms. The number of rotatable bonds is 1. The normalized spacial score (nSPS) is 11.1. The number of halogens is 1. The van der Waals surface area contributed by atoms with Gasteiger partial charge in [0.15, 0.2) is 0 Å². The third kappa shape index (κ3) is 1.27. The zero-order chi connectivity index (χ0) is 11.1. The van der Waals surface area contributed by atoms with Crippen LogP contribution in [0.3, 0.4) is 0 Å². The van der Waals surface area contributed by atoms with E-state index in [0.29, 0.717) is 5.95 Å². The quantitative estimate of drug-likeness (QED) is 0.702. The fourth-order valence-corrected chi connectivity index (χ4v) is 2.41. The molecule has 0 aliphatic carbocycles. The molecule has 0 bridgehead atoms. The topological polar surface area (TPSA) is 56.2 Å². The zero-order valence-electron chi connectivity index (χ0n) is 8.09. The van der Waals surface area contributed by atoms with Crippen LogP contribution in [0.25, 0.3) is 16.2 Å². The third-order valence-corrected chi connectivity index (χ3v) is 3.13. The Morgan fingerprint density at radius 2 is 1.94 bits per heavy atom. The molecule has 0 saturated carbocycles. The molecule has 0 aliphatic heterocycles. The Morgan fingerprint density at radius 1 is 1.19 bits per heavy atom. The van der Waals surface area contributed by atoms with Gasteiger partial charge in [0.05, 0.1) is 5.69 Å². The molecule has 0 aliphatic rings. The molecule has 3 aromatic rings. The molecule has 0 unspecified atom stereocenters. The maximum absolute atomic E-state index is 12.8. The molecule has 0 radical (unpaired) electrons. The molecule has 0 atom stereocenters. The van der Waals surface area contributed by atoms with E-state index < -0.39 is 0 Å². The van der Waals surface area contributed by atoms with Crippen LogP contribution in [0.15, 0.2) is 29.6 Å². The van der Waals surface area contributed by atoms with Gasteiger partial charge < -0.3 is 5.73 Å². The summed E-state index contributed by atoms with van der Waals surface area (Å²) in [6, 6.07) is 6.24. The Balaban J connectivity index is 2.25. The van der Waals surface area contributed by atoms with E-state index in [-0.39, 0.29) is 5.82 Å². The lowest BCUT2D eigenvalue weighted by Gasteiger charge is -1.99. The Bertz CT molecular complexity index is 640. The maximum Gasteiger partial charge on any atom is 0.227 e. The van der Waals surface area contributed by atoms with Crippen molar-refractivity contribution in [3.63, 3.8) is 0 Å². The van der Waals surface area contributed by atoms with Crippen LogP contribution in [0.1, 0.15) is 0 Å². The van der Waals surface area contributed by atoms with Crippen LogP contribution in [0, 0.1) is 5.82 Å². The van der Waals surface area contributed by atoms with Crippen molar-refractivity contribution in [3.05, 3.63) is 35.5 Å². The van der Waals surface area contributed by atoms with Gasteiger partial charge in [-0.2, -0.15) is 0 Å². The summed E-state index contributed by atoms with van der Waals surface area (Å²) in [5, 5.41) is 9.63. The van der Waals surface area contributed by atoms with E-state index in [2.05, 4.69) is 10.2 Å². The van der Waals surface area contributed by atoms with Crippen LogP contribution in [-0.2, 0) is 0 Å². The van der Waals surface area contributed by atoms with E-state index in [4.69, 9.17) is 5.73 Å². The first-order valence-electron chi connectivity index (χ1n) is 4.60. The smallest absolute Gasteiger partial charge is 0.227 e. The van der Waals surface area contributed by atoms with Gasteiger partial charge in [-0.3, -0.25) is 4.40 Å². The highest BCUT2D eigenvalue weighted by molar-refractivity contribution is 7.15. The lowest BCUT2D eigenvalue weighted by Crippen LogP contribution is -1.94. The zero-order valence-corrected chi connectivity index (χ0v) is 8.91. The van der Waals surface area contributed by atoms with Gasteiger partial charge in [0.1, 0.15) is 5.82 Å². The molecule has 0 amide bonds. The van der Waals surface area contributed by atoms with Crippen molar-refractivity contribution < 1.29 is 4.39 Å². The molecule has 16 heavy (non-hydrogen) atoms. The van der Waals surface area contributed by atoms with Crippen molar-refractivity contribution in [2.45, 2.75) is 0 Å². The molecule has 0 saturated heterocycles. The minimum Gasteiger partial charge on any atom is -0.368 e. The van der Waals surface area contributed by atoms with E-state index in [0.717, 1.165) is 16.2 Å². The fourth-order valence-electron chi connectivity index (χ4n) is 1.56. The Morgan fingerprint density at radius 3 is 2.69 bits per heavy atom. The van der Waals surface area contributed by atoms with Crippen LogP contribution < -0.4 is 5.73 Å². The van der Waals surface area contributed by atoms with Gasteiger partial charge in [0.2, 0.25) is 10.9 Å². The summed E-state index contributed by atoms with van der Waals surface area (Å²) < 4.78 is 14.6. The first kappa shape index (κ1) is 9.29. The standard InChI is InChI=1S/C10H7FN4S/c11-7-3-1-6(2-4-7)8-5-16-10-14-13-9(12)15(8)10/h1-5H,(H2,12,13). The number of aromatic nitrogens is 3. The number of hydrogen-bond acceptors (Lipinski definition) is 4. The maximum atomic E-state index is 12.8. The van der Waals surface area contributed by atoms with Gasteiger partial charge in [-0.05, 0) is 29.8 Å². The average Bonchev–Trinajstić information content (AvgIpc) is 2.84. The molecule has 4 nitrogen and oxygen atoms in total. The second kappa shape index (κ2) is 3.28. The van der Waals surface area contributed by atoms with Gasteiger partial charge in [-0.15, -0.1) is 21.5 Å². The van der Waals surface area contributed by atoms with Gasteiger partial charge in [0.25, 0.3) is 0 Å². The summed E-state index contributed by atoms with van der Waals surface area (Å²) in [4.78, 5) is 0.733. The molecular formula is C10H7FN4S. The first-order valence-corrected chi connectivity index (χ1v) is 5.48. The van der Waals surface area contributed by atoms with Gasteiger partial charge in [0, 0.05) is 5.38 Å². The van der Waals surface area contributed by atoms with Crippen LogP contribution >= 0.6 is 11.3 Å². The summed E-state index contributed by atoms with van der Waals surface area (Å²) in [7, 11) is 0. The number of fused-ring (bicyclic) bond motifs is 1. The van der Waals surface area contributed by atoms with E-state index in [1.165, 1.54) is 23.5 Å².